The number of carbonyl (C=O) groups is 1. The zero-order valence-corrected chi connectivity index (χ0v) is 10.9. The molecule has 1 atom stereocenters. The maximum Gasteiger partial charge on any atom is 0.309 e. The highest BCUT2D eigenvalue weighted by atomic mass is 16.5. The smallest absolute Gasteiger partial charge is 0.309 e. The lowest BCUT2D eigenvalue weighted by molar-refractivity contribution is -0.147. The Bertz CT molecular complexity index is 364. The monoisotopic (exact) mass is 251 g/mol. The summed E-state index contributed by atoms with van der Waals surface area (Å²) < 4.78 is 6.91. The third kappa shape index (κ3) is 3.57. The molecule has 0 saturated carbocycles. The second-order valence-electron chi connectivity index (χ2n) is 4.82. The van der Waals surface area contributed by atoms with Crippen LogP contribution in [0.25, 0.3) is 0 Å². The highest BCUT2D eigenvalue weighted by Crippen LogP contribution is 2.17. The lowest BCUT2D eigenvalue weighted by Gasteiger charge is -2.31. The molecule has 0 spiro atoms. The zero-order chi connectivity index (χ0) is 12.8. The van der Waals surface area contributed by atoms with E-state index in [1.807, 2.05) is 12.5 Å². The van der Waals surface area contributed by atoms with Crippen LogP contribution in [0.1, 0.15) is 19.3 Å². The lowest BCUT2D eigenvalue weighted by atomic mass is 9.98. The van der Waals surface area contributed by atoms with Crippen LogP contribution in [0.2, 0.25) is 0 Å². The van der Waals surface area contributed by atoms with E-state index < -0.39 is 0 Å². The fourth-order valence-corrected chi connectivity index (χ4v) is 2.51. The molecule has 1 aromatic heterocycles. The predicted octanol–water partition coefficient (Wildman–Crippen LogP) is 1.16. The summed E-state index contributed by atoms with van der Waals surface area (Å²) in [6, 6.07) is 0. The zero-order valence-electron chi connectivity index (χ0n) is 10.9. The van der Waals surface area contributed by atoms with E-state index in [0.717, 1.165) is 45.4 Å². The standard InChI is InChI=1S/C13H21N3O2/c1-18-13(17)12-4-2-6-15(10-12)7-3-8-16-9-5-14-11-16/h5,9,11-12H,2-4,6-8,10H2,1H3. The molecular formula is C13H21N3O2. The van der Waals surface area contributed by atoms with Gasteiger partial charge < -0.3 is 14.2 Å². The Kier molecular flexibility index (Phi) is 4.75. The molecule has 0 radical (unpaired) electrons. The number of carbonyl (C=O) groups excluding carboxylic acids is 1. The van der Waals surface area contributed by atoms with E-state index in [1.54, 1.807) is 6.20 Å². The van der Waals surface area contributed by atoms with Gasteiger partial charge in [-0.3, -0.25) is 4.79 Å². The van der Waals surface area contributed by atoms with Crippen molar-refractivity contribution in [1.29, 1.82) is 0 Å². The molecule has 18 heavy (non-hydrogen) atoms. The number of aromatic nitrogens is 2. The number of hydrogen-bond donors (Lipinski definition) is 0. The van der Waals surface area contributed by atoms with Crippen molar-refractivity contribution >= 4 is 5.97 Å². The quantitative estimate of drug-likeness (QED) is 0.737. The first-order valence-corrected chi connectivity index (χ1v) is 6.55. The molecule has 2 heterocycles. The second-order valence-corrected chi connectivity index (χ2v) is 4.82. The summed E-state index contributed by atoms with van der Waals surface area (Å²) >= 11 is 0. The number of likely N-dealkylation sites (tertiary alicyclic amines) is 1. The van der Waals surface area contributed by atoms with E-state index in [4.69, 9.17) is 4.74 Å². The Hall–Kier alpha value is -1.36. The molecule has 1 aliphatic rings. The summed E-state index contributed by atoms with van der Waals surface area (Å²) in [7, 11) is 1.47. The van der Waals surface area contributed by atoms with Gasteiger partial charge in [-0.1, -0.05) is 0 Å². The molecule has 5 nitrogen and oxygen atoms in total. The highest BCUT2D eigenvalue weighted by Gasteiger charge is 2.25. The molecule has 100 valence electrons. The summed E-state index contributed by atoms with van der Waals surface area (Å²) in [4.78, 5) is 17.9. The van der Waals surface area contributed by atoms with Crippen molar-refractivity contribution in [3.05, 3.63) is 18.7 Å². The Balaban J connectivity index is 1.71. The van der Waals surface area contributed by atoms with Gasteiger partial charge >= 0.3 is 5.97 Å². The molecule has 2 rings (SSSR count). The van der Waals surface area contributed by atoms with Crippen molar-refractivity contribution in [2.75, 3.05) is 26.7 Å². The van der Waals surface area contributed by atoms with Gasteiger partial charge in [-0.05, 0) is 32.4 Å². The van der Waals surface area contributed by atoms with Crippen molar-refractivity contribution in [2.24, 2.45) is 5.92 Å². The molecule has 0 aliphatic carbocycles. The number of imidazole rings is 1. The summed E-state index contributed by atoms with van der Waals surface area (Å²) in [6.45, 7) is 3.96. The average molecular weight is 251 g/mol. The number of esters is 1. The predicted molar refractivity (Wildman–Crippen MR) is 68.0 cm³/mol. The van der Waals surface area contributed by atoms with Gasteiger partial charge in [-0.25, -0.2) is 4.98 Å². The average Bonchev–Trinajstić information content (AvgIpc) is 2.91. The van der Waals surface area contributed by atoms with Crippen LogP contribution in [0, 0.1) is 5.92 Å². The van der Waals surface area contributed by atoms with E-state index >= 15 is 0 Å². The molecule has 0 amide bonds. The minimum atomic E-state index is -0.0608. The van der Waals surface area contributed by atoms with E-state index in [1.165, 1.54) is 7.11 Å². The third-order valence-electron chi connectivity index (χ3n) is 3.49. The number of ether oxygens (including phenoxy) is 1. The van der Waals surface area contributed by atoms with Crippen LogP contribution >= 0.6 is 0 Å². The first kappa shape index (κ1) is 13.1. The van der Waals surface area contributed by atoms with Crippen LogP contribution in [0.15, 0.2) is 18.7 Å². The first-order chi connectivity index (χ1) is 8.79. The van der Waals surface area contributed by atoms with Crippen molar-refractivity contribution in [3.8, 4) is 0 Å². The van der Waals surface area contributed by atoms with Crippen molar-refractivity contribution in [2.45, 2.75) is 25.8 Å². The first-order valence-electron chi connectivity index (χ1n) is 6.55. The summed E-state index contributed by atoms with van der Waals surface area (Å²) in [5.74, 6) is 0.00584. The molecule has 1 saturated heterocycles. The van der Waals surface area contributed by atoms with Gasteiger partial charge in [0.25, 0.3) is 0 Å². The number of aryl methyl sites for hydroxylation is 1. The van der Waals surface area contributed by atoms with Crippen LogP contribution in [0.5, 0.6) is 0 Å². The number of rotatable bonds is 5. The van der Waals surface area contributed by atoms with E-state index in [2.05, 4.69) is 14.5 Å². The fraction of sp³-hybridized carbons (Fsp3) is 0.692. The van der Waals surface area contributed by atoms with Crippen LogP contribution in [-0.2, 0) is 16.1 Å². The van der Waals surface area contributed by atoms with Crippen molar-refractivity contribution < 1.29 is 9.53 Å². The number of hydrogen-bond acceptors (Lipinski definition) is 4. The molecule has 0 bridgehead atoms. The van der Waals surface area contributed by atoms with Crippen LogP contribution in [0.3, 0.4) is 0 Å². The van der Waals surface area contributed by atoms with Gasteiger partial charge in [0.1, 0.15) is 0 Å². The molecule has 5 heteroatoms. The molecule has 1 fully saturated rings. The normalized spacial score (nSPS) is 20.8. The molecular weight excluding hydrogens is 230 g/mol. The molecule has 0 aromatic carbocycles. The summed E-state index contributed by atoms with van der Waals surface area (Å²) in [5, 5.41) is 0. The van der Waals surface area contributed by atoms with Gasteiger partial charge in [-0.15, -0.1) is 0 Å². The van der Waals surface area contributed by atoms with Gasteiger partial charge in [0.15, 0.2) is 0 Å². The Morgan fingerprint density at radius 2 is 2.39 bits per heavy atom. The van der Waals surface area contributed by atoms with E-state index in [-0.39, 0.29) is 11.9 Å². The SMILES string of the molecule is COC(=O)C1CCCN(CCCn2ccnc2)C1. The van der Waals surface area contributed by atoms with E-state index in [0.29, 0.717) is 0 Å². The van der Waals surface area contributed by atoms with Crippen molar-refractivity contribution in [1.82, 2.24) is 14.5 Å². The van der Waals surface area contributed by atoms with Gasteiger partial charge in [0.2, 0.25) is 0 Å². The fourth-order valence-electron chi connectivity index (χ4n) is 2.51. The summed E-state index contributed by atoms with van der Waals surface area (Å²) in [5.41, 5.74) is 0. The maximum atomic E-state index is 11.5. The Morgan fingerprint density at radius 3 is 3.11 bits per heavy atom. The molecule has 1 unspecified atom stereocenters. The van der Waals surface area contributed by atoms with Gasteiger partial charge in [-0.2, -0.15) is 0 Å². The number of piperidine rings is 1. The maximum absolute atomic E-state index is 11.5. The van der Waals surface area contributed by atoms with Crippen LogP contribution in [-0.4, -0.2) is 47.2 Å². The number of nitrogens with zero attached hydrogens (tertiary/aromatic N) is 3. The topological polar surface area (TPSA) is 47.4 Å². The Morgan fingerprint density at radius 1 is 1.50 bits per heavy atom. The molecule has 0 N–H and O–H groups in total. The minimum absolute atomic E-state index is 0.0608. The van der Waals surface area contributed by atoms with Crippen molar-refractivity contribution in [3.63, 3.8) is 0 Å². The molecule has 1 aliphatic heterocycles. The van der Waals surface area contributed by atoms with Crippen LogP contribution in [0.4, 0.5) is 0 Å². The van der Waals surface area contributed by atoms with E-state index in [9.17, 15) is 4.79 Å². The lowest BCUT2D eigenvalue weighted by Crippen LogP contribution is -2.39. The number of methoxy groups -OCH3 is 1. The third-order valence-corrected chi connectivity index (χ3v) is 3.49. The van der Waals surface area contributed by atoms with Gasteiger partial charge in [0, 0.05) is 25.5 Å². The largest absolute Gasteiger partial charge is 0.469 e. The second kappa shape index (κ2) is 6.54. The molecule has 1 aromatic rings. The summed E-state index contributed by atoms with van der Waals surface area (Å²) in [6.07, 6.45) is 8.76. The highest BCUT2D eigenvalue weighted by molar-refractivity contribution is 5.72. The van der Waals surface area contributed by atoms with Gasteiger partial charge in [0.05, 0.1) is 19.4 Å². The minimum Gasteiger partial charge on any atom is -0.469 e. The Labute approximate surface area is 108 Å². The van der Waals surface area contributed by atoms with Crippen LogP contribution < -0.4 is 0 Å².